The van der Waals surface area contributed by atoms with Gasteiger partial charge in [-0.1, -0.05) is 18.2 Å². The molecule has 1 heterocycles. The van der Waals surface area contributed by atoms with Crippen LogP contribution in [-0.4, -0.2) is 25.7 Å². The monoisotopic (exact) mass is 204 g/mol. The van der Waals surface area contributed by atoms with E-state index in [0.29, 0.717) is 0 Å². The second kappa shape index (κ2) is 4.82. The number of rotatable bonds is 3. The lowest BCUT2D eigenvalue weighted by Crippen LogP contribution is -2.36. The molecule has 0 bridgehead atoms. The lowest BCUT2D eigenvalue weighted by Gasteiger charge is -2.32. The summed E-state index contributed by atoms with van der Waals surface area (Å²) in [6.07, 6.45) is 1.84. The van der Waals surface area contributed by atoms with Crippen LogP contribution in [0.25, 0.3) is 0 Å². The smallest absolute Gasteiger partial charge is 0.417 e. The van der Waals surface area contributed by atoms with Gasteiger partial charge in [0.15, 0.2) is 0 Å². The Morgan fingerprint density at radius 3 is 2.47 bits per heavy atom. The Balaban J connectivity index is 1.91. The van der Waals surface area contributed by atoms with Crippen LogP contribution in [0.1, 0.15) is 12.8 Å². The van der Waals surface area contributed by atoms with Gasteiger partial charge in [0.2, 0.25) is 0 Å². The summed E-state index contributed by atoms with van der Waals surface area (Å²) in [7, 11) is 0. The van der Waals surface area contributed by atoms with E-state index in [-0.39, 0.29) is 6.10 Å². The maximum absolute atomic E-state index is 10.1. The highest BCUT2D eigenvalue weighted by Gasteiger charge is 2.19. The molecule has 3 nitrogen and oxygen atoms in total. The van der Waals surface area contributed by atoms with Gasteiger partial charge in [-0.05, 0) is 12.1 Å². The second-order valence-corrected chi connectivity index (χ2v) is 3.72. The van der Waals surface area contributed by atoms with Gasteiger partial charge in [-0.25, -0.2) is 4.79 Å². The van der Waals surface area contributed by atoms with Crippen LogP contribution in [-0.2, 0) is 9.53 Å². The summed E-state index contributed by atoms with van der Waals surface area (Å²) in [5, 5.41) is 0. The fraction of sp³-hybridized carbons (Fsp3) is 0.417. The summed E-state index contributed by atoms with van der Waals surface area (Å²) < 4.78 is 4.83. The molecule has 0 aromatic heterocycles. The molecular formula is C12H14NO2. The van der Waals surface area contributed by atoms with Gasteiger partial charge in [0.1, 0.15) is 6.10 Å². The minimum absolute atomic E-state index is 0.0578. The van der Waals surface area contributed by atoms with E-state index in [1.165, 1.54) is 12.2 Å². The van der Waals surface area contributed by atoms with Gasteiger partial charge < -0.3 is 9.64 Å². The van der Waals surface area contributed by atoms with E-state index in [4.69, 9.17) is 4.74 Å². The molecular weight excluding hydrogens is 190 g/mol. The zero-order valence-corrected chi connectivity index (χ0v) is 8.56. The standard InChI is InChI=1S/C12H14NO2/c14-10-15-12-6-8-13(9-7-12)11-4-2-1-3-5-11/h1-5,12H,6-9H2. The van der Waals surface area contributed by atoms with Gasteiger partial charge in [0, 0.05) is 31.6 Å². The fourth-order valence-electron chi connectivity index (χ4n) is 1.94. The Morgan fingerprint density at radius 1 is 1.20 bits per heavy atom. The molecule has 0 N–H and O–H groups in total. The first-order valence-electron chi connectivity index (χ1n) is 5.23. The van der Waals surface area contributed by atoms with Crippen molar-refractivity contribution >= 4 is 12.2 Å². The molecule has 1 aliphatic heterocycles. The predicted octanol–water partition coefficient (Wildman–Crippen LogP) is 1.74. The third-order valence-corrected chi connectivity index (χ3v) is 2.78. The van der Waals surface area contributed by atoms with Crippen molar-refractivity contribution in [3.8, 4) is 0 Å². The Bertz CT molecular complexity index is 305. The first-order valence-corrected chi connectivity index (χ1v) is 5.23. The molecule has 0 atom stereocenters. The van der Waals surface area contributed by atoms with Crippen molar-refractivity contribution in [1.29, 1.82) is 0 Å². The van der Waals surface area contributed by atoms with E-state index in [2.05, 4.69) is 17.0 Å². The highest BCUT2D eigenvalue weighted by Crippen LogP contribution is 2.20. The number of piperidine rings is 1. The fourth-order valence-corrected chi connectivity index (χ4v) is 1.94. The van der Waals surface area contributed by atoms with Crippen LogP contribution >= 0.6 is 0 Å². The van der Waals surface area contributed by atoms with E-state index in [1.807, 2.05) is 18.2 Å². The third kappa shape index (κ3) is 2.49. The van der Waals surface area contributed by atoms with Gasteiger partial charge in [-0.15, -0.1) is 0 Å². The van der Waals surface area contributed by atoms with Gasteiger partial charge in [-0.3, -0.25) is 0 Å². The molecule has 1 saturated heterocycles. The first kappa shape index (κ1) is 10.0. The van der Waals surface area contributed by atoms with Crippen LogP contribution < -0.4 is 4.90 Å². The van der Waals surface area contributed by atoms with Crippen LogP contribution in [0.3, 0.4) is 0 Å². The highest BCUT2D eigenvalue weighted by atomic mass is 16.5. The number of ether oxygens (including phenoxy) is 1. The normalized spacial score (nSPS) is 17.5. The summed E-state index contributed by atoms with van der Waals surface area (Å²) in [5.74, 6) is 0. The van der Waals surface area contributed by atoms with E-state index >= 15 is 0 Å². The molecule has 15 heavy (non-hydrogen) atoms. The number of carbonyl (C=O) groups excluding carboxylic acids is 1. The van der Waals surface area contributed by atoms with Crippen LogP contribution in [0, 0.1) is 0 Å². The summed E-state index contributed by atoms with van der Waals surface area (Å²) in [6, 6.07) is 10.3. The molecule has 1 aliphatic rings. The van der Waals surface area contributed by atoms with E-state index < -0.39 is 0 Å². The molecule has 1 aromatic carbocycles. The van der Waals surface area contributed by atoms with Crippen molar-refractivity contribution in [2.24, 2.45) is 0 Å². The third-order valence-electron chi connectivity index (χ3n) is 2.78. The summed E-state index contributed by atoms with van der Waals surface area (Å²) in [4.78, 5) is 12.4. The minimum Gasteiger partial charge on any atom is -0.454 e. The van der Waals surface area contributed by atoms with Gasteiger partial charge in [0.25, 0.3) is 0 Å². The Morgan fingerprint density at radius 2 is 1.87 bits per heavy atom. The van der Waals surface area contributed by atoms with Crippen LogP contribution in [0.5, 0.6) is 0 Å². The number of hydrogen-bond donors (Lipinski definition) is 0. The topological polar surface area (TPSA) is 29.5 Å². The lowest BCUT2D eigenvalue weighted by molar-refractivity contribution is 0.149. The number of hydrogen-bond acceptors (Lipinski definition) is 3. The van der Waals surface area contributed by atoms with Crippen LogP contribution in [0.4, 0.5) is 5.69 Å². The van der Waals surface area contributed by atoms with Crippen LogP contribution in [0.15, 0.2) is 30.3 Å². The second-order valence-electron chi connectivity index (χ2n) is 3.72. The average Bonchev–Trinajstić information content (AvgIpc) is 2.32. The Labute approximate surface area is 89.7 Å². The van der Waals surface area contributed by atoms with Crippen LogP contribution in [0.2, 0.25) is 0 Å². The molecule has 0 saturated carbocycles. The molecule has 0 unspecified atom stereocenters. The van der Waals surface area contributed by atoms with E-state index in [1.54, 1.807) is 0 Å². The van der Waals surface area contributed by atoms with Crippen molar-refractivity contribution in [3.05, 3.63) is 30.3 Å². The van der Waals surface area contributed by atoms with Crippen molar-refractivity contribution in [2.75, 3.05) is 18.0 Å². The molecule has 1 radical (unpaired) electrons. The molecule has 0 amide bonds. The molecule has 1 fully saturated rings. The van der Waals surface area contributed by atoms with E-state index in [0.717, 1.165) is 25.9 Å². The maximum Gasteiger partial charge on any atom is 0.417 e. The maximum atomic E-state index is 10.1. The Hall–Kier alpha value is -1.51. The van der Waals surface area contributed by atoms with Crippen molar-refractivity contribution in [3.63, 3.8) is 0 Å². The SMILES string of the molecule is O=[C]OC1CCN(c2ccccc2)CC1. The molecule has 2 rings (SSSR count). The van der Waals surface area contributed by atoms with Gasteiger partial charge in [-0.2, -0.15) is 0 Å². The summed E-state index contributed by atoms with van der Waals surface area (Å²) in [5.41, 5.74) is 1.24. The van der Waals surface area contributed by atoms with E-state index in [9.17, 15) is 4.79 Å². The quantitative estimate of drug-likeness (QED) is 0.751. The van der Waals surface area contributed by atoms with Gasteiger partial charge >= 0.3 is 6.47 Å². The number of benzene rings is 1. The zero-order valence-electron chi connectivity index (χ0n) is 8.56. The lowest BCUT2D eigenvalue weighted by atomic mass is 10.1. The molecule has 0 aliphatic carbocycles. The molecule has 3 heteroatoms. The van der Waals surface area contributed by atoms with Gasteiger partial charge in [0.05, 0.1) is 0 Å². The van der Waals surface area contributed by atoms with Crippen molar-refractivity contribution < 1.29 is 9.53 Å². The summed E-state index contributed by atoms with van der Waals surface area (Å²) in [6.45, 7) is 3.41. The summed E-state index contributed by atoms with van der Waals surface area (Å²) >= 11 is 0. The number of para-hydroxylation sites is 1. The number of anilines is 1. The van der Waals surface area contributed by atoms with Crippen molar-refractivity contribution in [2.45, 2.75) is 18.9 Å². The highest BCUT2D eigenvalue weighted by molar-refractivity contribution is 5.46. The predicted molar refractivity (Wildman–Crippen MR) is 58.5 cm³/mol. The van der Waals surface area contributed by atoms with Crippen molar-refractivity contribution in [1.82, 2.24) is 0 Å². The number of nitrogens with zero attached hydrogens (tertiary/aromatic N) is 1. The molecule has 0 spiro atoms. The first-order chi connectivity index (χ1) is 7.40. The Kier molecular flexibility index (Phi) is 3.22. The largest absolute Gasteiger partial charge is 0.454 e. The molecule has 1 aromatic rings. The molecule has 79 valence electrons. The zero-order chi connectivity index (χ0) is 10.5. The minimum atomic E-state index is 0.0578. The average molecular weight is 204 g/mol.